The zero-order valence-electron chi connectivity index (χ0n) is 15.8. The Morgan fingerprint density at radius 3 is 2.34 bits per heavy atom. The predicted molar refractivity (Wildman–Crippen MR) is 102 cm³/mol. The third kappa shape index (κ3) is 5.77. The van der Waals surface area contributed by atoms with Crippen molar-refractivity contribution in [2.45, 2.75) is 32.2 Å². The fourth-order valence-electron chi connectivity index (χ4n) is 3.15. The van der Waals surface area contributed by atoms with E-state index in [1.807, 2.05) is 13.0 Å². The molecule has 1 amide bonds. The van der Waals surface area contributed by atoms with Crippen molar-refractivity contribution in [1.29, 1.82) is 0 Å². The van der Waals surface area contributed by atoms with E-state index >= 15 is 0 Å². The molecule has 1 aliphatic heterocycles. The van der Waals surface area contributed by atoms with E-state index < -0.39 is 6.36 Å². The number of benzene rings is 2. The fourth-order valence-corrected chi connectivity index (χ4v) is 3.15. The van der Waals surface area contributed by atoms with Crippen molar-refractivity contribution in [2.75, 3.05) is 13.1 Å². The molecule has 1 N–H and O–H groups in total. The first kappa shape index (κ1) is 20.8. The first-order chi connectivity index (χ1) is 13.9. The summed E-state index contributed by atoms with van der Waals surface area (Å²) in [6.07, 6.45) is -2.38. The van der Waals surface area contributed by atoms with Gasteiger partial charge < -0.3 is 10.1 Å². The summed E-state index contributed by atoms with van der Waals surface area (Å²) < 4.78 is 40.7. The standard InChI is InChI=1S/C20H21F3N4O2/c1-14-12-16(15-2-5-18(6-3-15)29-20(21,22)23)4-7-19(14)25-26-27(13-28)17-8-10-24-11-9-17/h2-7,12-13,17,24H,8-11H2,1H3. The lowest BCUT2D eigenvalue weighted by atomic mass is 10.0. The number of ether oxygens (including phenoxy) is 1. The number of nitrogens with one attached hydrogen (secondary N) is 1. The van der Waals surface area contributed by atoms with E-state index in [0.29, 0.717) is 12.1 Å². The fraction of sp³-hybridized carbons (Fsp3) is 0.350. The molecule has 2 aromatic rings. The van der Waals surface area contributed by atoms with Crippen molar-refractivity contribution in [2.24, 2.45) is 10.3 Å². The Labute approximate surface area is 166 Å². The van der Waals surface area contributed by atoms with Gasteiger partial charge in [-0.15, -0.1) is 18.3 Å². The number of aryl methyl sites for hydroxylation is 1. The van der Waals surface area contributed by atoms with Crippen molar-refractivity contribution < 1.29 is 22.7 Å². The van der Waals surface area contributed by atoms with Gasteiger partial charge in [-0.1, -0.05) is 23.4 Å². The Hall–Kier alpha value is -2.94. The monoisotopic (exact) mass is 406 g/mol. The maximum absolute atomic E-state index is 12.3. The molecule has 9 heteroatoms. The first-order valence-electron chi connectivity index (χ1n) is 9.18. The summed E-state index contributed by atoms with van der Waals surface area (Å²) in [5.41, 5.74) is 3.02. The average Bonchev–Trinajstić information content (AvgIpc) is 2.69. The Morgan fingerprint density at radius 2 is 1.76 bits per heavy atom. The Morgan fingerprint density at radius 1 is 1.10 bits per heavy atom. The largest absolute Gasteiger partial charge is 0.573 e. The topological polar surface area (TPSA) is 66.3 Å². The van der Waals surface area contributed by atoms with Gasteiger partial charge in [0.2, 0.25) is 6.41 Å². The normalized spacial score (nSPS) is 15.4. The quantitative estimate of drug-likeness (QED) is 0.427. The zero-order chi connectivity index (χ0) is 20.9. The third-order valence-corrected chi connectivity index (χ3v) is 4.66. The van der Waals surface area contributed by atoms with Crippen LogP contribution < -0.4 is 10.1 Å². The van der Waals surface area contributed by atoms with Crippen LogP contribution >= 0.6 is 0 Å². The molecule has 0 aromatic heterocycles. The smallest absolute Gasteiger partial charge is 0.406 e. The molecule has 0 radical (unpaired) electrons. The van der Waals surface area contributed by atoms with E-state index in [1.54, 1.807) is 24.3 Å². The summed E-state index contributed by atoms with van der Waals surface area (Å²) >= 11 is 0. The number of carbonyl (C=O) groups is 1. The second-order valence-corrected chi connectivity index (χ2v) is 6.73. The molecule has 2 aromatic carbocycles. The SMILES string of the molecule is Cc1cc(-c2ccc(OC(F)(F)F)cc2)ccc1N=NN(C=O)C1CCNCC1. The molecular formula is C20H21F3N4O2. The Balaban J connectivity index is 1.71. The van der Waals surface area contributed by atoms with Gasteiger partial charge in [0.05, 0.1) is 11.7 Å². The van der Waals surface area contributed by atoms with Gasteiger partial charge in [0.15, 0.2) is 0 Å². The zero-order valence-corrected chi connectivity index (χ0v) is 15.8. The number of nitrogens with zero attached hydrogens (tertiary/aromatic N) is 3. The molecular weight excluding hydrogens is 385 g/mol. The molecule has 1 saturated heterocycles. The highest BCUT2D eigenvalue weighted by molar-refractivity contribution is 5.68. The van der Waals surface area contributed by atoms with Crippen LogP contribution in [0.5, 0.6) is 5.75 Å². The molecule has 154 valence electrons. The summed E-state index contributed by atoms with van der Waals surface area (Å²) in [7, 11) is 0. The summed E-state index contributed by atoms with van der Waals surface area (Å²) in [5, 5.41) is 12.9. The second kappa shape index (κ2) is 9.04. The van der Waals surface area contributed by atoms with Crippen LogP contribution in [0.15, 0.2) is 52.8 Å². The highest BCUT2D eigenvalue weighted by atomic mass is 19.4. The number of halogens is 3. The maximum atomic E-state index is 12.3. The van der Waals surface area contributed by atoms with Crippen LogP contribution in [0.4, 0.5) is 18.9 Å². The number of hydrogen-bond donors (Lipinski definition) is 1. The molecule has 1 aliphatic rings. The van der Waals surface area contributed by atoms with Crippen LogP contribution in [-0.4, -0.2) is 36.9 Å². The molecule has 1 fully saturated rings. The average molecular weight is 406 g/mol. The van der Waals surface area contributed by atoms with Gasteiger partial charge in [-0.25, -0.2) is 5.01 Å². The highest BCUT2D eigenvalue weighted by Gasteiger charge is 2.31. The van der Waals surface area contributed by atoms with E-state index in [1.165, 1.54) is 17.1 Å². The van der Waals surface area contributed by atoms with Crippen molar-refractivity contribution in [3.63, 3.8) is 0 Å². The number of rotatable bonds is 6. The van der Waals surface area contributed by atoms with Crippen LogP contribution in [-0.2, 0) is 4.79 Å². The third-order valence-electron chi connectivity index (χ3n) is 4.66. The summed E-state index contributed by atoms with van der Waals surface area (Å²) in [6.45, 7) is 3.53. The van der Waals surface area contributed by atoms with Crippen LogP contribution in [0, 0.1) is 6.92 Å². The number of carbonyl (C=O) groups excluding carboxylic acids is 1. The van der Waals surface area contributed by atoms with Crippen molar-refractivity contribution >= 4 is 12.1 Å². The number of amides is 1. The van der Waals surface area contributed by atoms with Crippen molar-refractivity contribution in [1.82, 2.24) is 10.3 Å². The lowest BCUT2D eigenvalue weighted by Crippen LogP contribution is -2.39. The summed E-state index contributed by atoms with van der Waals surface area (Å²) in [4.78, 5) is 11.3. The molecule has 0 spiro atoms. The summed E-state index contributed by atoms with van der Waals surface area (Å²) in [6, 6.07) is 11.1. The van der Waals surface area contributed by atoms with Crippen LogP contribution in [0.1, 0.15) is 18.4 Å². The van der Waals surface area contributed by atoms with E-state index in [0.717, 1.165) is 42.6 Å². The number of piperidine rings is 1. The molecule has 0 unspecified atom stereocenters. The number of alkyl halides is 3. The van der Waals surface area contributed by atoms with Gasteiger partial charge >= 0.3 is 6.36 Å². The highest BCUT2D eigenvalue weighted by Crippen LogP contribution is 2.30. The molecule has 0 aliphatic carbocycles. The molecule has 6 nitrogen and oxygen atoms in total. The van der Waals surface area contributed by atoms with E-state index in [4.69, 9.17) is 0 Å². The van der Waals surface area contributed by atoms with Gasteiger partial charge in [0.25, 0.3) is 0 Å². The molecule has 0 saturated carbocycles. The van der Waals surface area contributed by atoms with Crippen LogP contribution in [0.25, 0.3) is 11.1 Å². The van der Waals surface area contributed by atoms with Gasteiger partial charge in [0.1, 0.15) is 5.75 Å². The van der Waals surface area contributed by atoms with Crippen LogP contribution in [0.3, 0.4) is 0 Å². The van der Waals surface area contributed by atoms with Crippen molar-refractivity contribution in [3.8, 4) is 16.9 Å². The first-order valence-corrected chi connectivity index (χ1v) is 9.18. The minimum Gasteiger partial charge on any atom is -0.406 e. The van der Waals surface area contributed by atoms with E-state index in [9.17, 15) is 18.0 Å². The molecule has 0 atom stereocenters. The maximum Gasteiger partial charge on any atom is 0.573 e. The minimum absolute atomic E-state index is 0.0366. The van der Waals surface area contributed by atoms with Gasteiger partial charge in [0, 0.05) is 0 Å². The van der Waals surface area contributed by atoms with Crippen LogP contribution in [0.2, 0.25) is 0 Å². The van der Waals surface area contributed by atoms with E-state index in [2.05, 4.69) is 20.4 Å². The lowest BCUT2D eigenvalue weighted by molar-refractivity contribution is -0.274. The molecule has 0 bridgehead atoms. The lowest BCUT2D eigenvalue weighted by Gasteiger charge is -2.26. The minimum atomic E-state index is -4.71. The predicted octanol–water partition coefficient (Wildman–Crippen LogP) is 4.77. The van der Waals surface area contributed by atoms with E-state index in [-0.39, 0.29) is 11.8 Å². The Kier molecular flexibility index (Phi) is 6.48. The molecule has 3 rings (SSSR count). The Bertz CT molecular complexity index is 863. The summed E-state index contributed by atoms with van der Waals surface area (Å²) in [5.74, 6) is -0.268. The van der Waals surface area contributed by atoms with Gasteiger partial charge in [-0.3, -0.25) is 4.79 Å². The second-order valence-electron chi connectivity index (χ2n) is 6.73. The number of hydrogen-bond acceptors (Lipinski definition) is 5. The van der Waals surface area contributed by atoms with Gasteiger partial charge in [-0.2, -0.15) is 0 Å². The molecule has 1 heterocycles. The van der Waals surface area contributed by atoms with Gasteiger partial charge in [-0.05, 0) is 73.8 Å². The van der Waals surface area contributed by atoms with Crippen molar-refractivity contribution in [3.05, 3.63) is 48.0 Å². The molecule has 29 heavy (non-hydrogen) atoms.